The topological polar surface area (TPSA) is 80.8 Å². The van der Waals surface area contributed by atoms with Crippen molar-refractivity contribution in [3.05, 3.63) is 41.2 Å². The molecule has 0 N–H and O–H groups in total. The van der Waals surface area contributed by atoms with E-state index in [2.05, 4.69) is 0 Å². The monoisotopic (exact) mass is 337 g/mol. The summed E-state index contributed by atoms with van der Waals surface area (Å²) in [7, 11) is -4.38. The van der Waals surface area contributed by atoms with Crippen molar-refractivity contribution in [1.82, 2.24) is 5.06 Å². The molecule has 6 nitrogen and oxygen atoms in total. The fourth-order valence-corrected chi connectivity index (χ4v) is 4.52. The zero-order valence-electron chi connectivity index (χ0n) is 11.9. The Morgan fingerprint density at radius 3 is 2.52 bits per heavy atom. The largest absolute Gasteiger partial charge is 0.318 e. The molecule has 1 aromatic carbocycles. The summed E-state index contributed by atoms with van der Waals surface area (Å²) in [5.41, 5.74) is 1.34. The van der Waals surface area contributed by atoms with Gasteiger partial charge in [0.05, 0.1) is 10.8 Å². The molecule has 4 rings (SSSR count). The number of hydroxylamine groups is 2. The van der Waals surface area contributed by atoms with Gasteiger partial charge in [0, 0.05) is 5.57 Å². The number of amides is 2. The van der Waals surface area contributed by atoms with E-state index in [-0.39, 0.29) is 10.8 Å². The molecule has 2 amide bonds. The van der Waals surface area contributed by atoms with Gasteiger partial charge in [0.1, 0.15) is 5.82 Å². The maximum absolute atomic E-state index is 12.9. The molecule has 2 fully saturated rings. The van der Waals surface area contributed by atoms with Gasteiger partial charge in [0.2, 0.25) is 0 Å². The minimum absolute atomic E-state index is 0.0681. The number of hydrogen-bond donors (Lipinski definition) is 0. The highest BCUT2D eigenvalue weighted by Crippen LogP contribution is 2.52. The smallest absolute Gasteiger partial charge is 0.271 e. The lowest BCUT2D eigenvalue weighted by molar-refractivity contribution is -0.164. The zero-order chi connectivity index (χ0) is 16.4. The lowest BCUT2D eigenvalue weighted by Gasteiger charge is -2.15. The van der Waals surface area contributed by atoms with Crippen molar-refractivity contribution in [1.29, 1.82) is 0 Å². The molecule has 1 saturated carbocycles. The minimum Gasteiger partial charge on any atom is -0.271 e. The number of hydrogen-bond acceptors (Lipinski definition) is 5. The van der Waals surface area contributed by atoms with E-state index in [9.17, 15) is 22.4 Å². The summed E-state index contributed by atoms with van der Waals surface area (Å²) < 4.78 is 42.0. The van der Waals surface area contributed by atoms with E-state index in [0.717, 1.165) is 49.1 Å². The molecule has 2 aliphatic carbocycles. The molecular weight excluding hydrogens is 325 g/mol. The molecule has 1 aliphatic heterocycles. The van der Waals surface area contributed by atoms with Gasteiger partial charge in [-0.05, 0) is 49.4 Å². The molecule has 0 radical (unpaired) electrons. The number of fused-ring (bicyclic) bond motifs is 4. The van der Waals surface area contributed by atoms with Crippen molar-refractivity contribution in [3.8, 4) is 0 Å². The Balaban J connectivity index is 1.65. The average molecular weight is 337 g/mol. The third-order valence-electron chi connectivity index (χ3n) is 4.64. The van der Waals surface area contributed by atoms with Crippen LogP contribution in [0.5, 0.6) is 0 Å². The highest BCUT2D eigenvalue weighted by Gasteiger charge is 2.56. The summed E-state index contributed by atoms with van der Waals surface area (Å²) in [6, 6.07) is 3.96. The molecule has 1 heterocycles. The van der Waals surface area contributed by atoms with Gasteiger partial charge in [-0.1, -0.05) is 5.57 Å². The van der Waals surface area contributed by atoms with Crippen LogP contribution >= 0.6 is 0 Å². The van der Waals surface area contributed by atoms with Gasteiger partial charge in [-0.15, -0.1) is 9.35 Å². The summed E-state index contributed by atoms with van der Waals surface area (Å²) in [6.45, 7) is 0. The Labute approximate surface area is 131 Å². The van der Waals surface area contributed by atoms with E-state index >= 15 is 0 Å². The van der Waals surface area contributed by atoms with E-state index in [0.29, 0.717) is 10.6 Å². The number of imide groups is 1. The van der Waals surface area contributed by atoms with Crippen LogP contribution in [0.3, 0.4) is 0 Å². The van der Waals surface area contributed by atoms with E-state index in [1.54, 1.807) is 0 Å². The summed E-state index contributed by atoms with van der Waals surface area (Å²) in [5, 5.41) is 0.343. The van der Waals surface area contributed by atoms with Gasteiger partial charge in [0.15, 0.2) is 0 Å². The first kappa shape index (κ1) is 14.5. The highest BCUT2D eigenvalue weighted by atomic mass is 32.2. The SMILES string of the molecule is O=C1C2=C3CCC(C3)C2C(=O)N1OS(=O)(=O)c1ccc(F)cc1. The van der Waals surface area contributed by atoms with Crippen molar-refractivity contribution < 1.29 is 26.7 Å². The molecule has 0 aromatic heterocycles. The summed E-state index contributed by atoms with van der Waals surface area (Å²) in [6.07, 6.45) is 2.34. The quantitative estimate of drug-likeness (QED) is 0.782. The fourth-order valence-electron chi connectivity index (χ4n) is 3.62. The first-order valence-corrected chi connectivity index (χ1v) is 8.60. The normalized spacial score (nSPS) is 26.4. The number of carbonyl (C=O) groups is 2. The number of rotatable bonds is 3. The van der Waals surface area contributed by atoms with Crippen molar-refractivity contribution in [2.45, 2.75) is 24.2 Å². The van der Waals surface area contributed by atoms with Crippen LogP contribution in [0.4, 0.5) is 4.39 Å². The van der Waals surface area contributed by atoms with E-state index in [1.165, 1.54) is 0 Å². The summed E-state index contributed by atoms with van der Waals surface area (Å²) >= 11 is 0. The maximum Gasteiger partial charge on any atom is 0.318 e. The van der Waals surface area contributed by atoms with Gasteiger partial charge in [-0.25, -0.2) is 4.39 Å². The Morgan fingerprint density at radius 2 is 1.87 bits per heavy atom. The van der Waals surface area contributed by atoms with Crippen LogP contribution in [0.2, 0.25) is 0 Å². The maximum atomic E-state index is 12.9. The van der Waals surface area contributed by atoms with Gasteiger partial charge < -0.3 is 0 Å². The molecule has 1 aromatic rings. The third-order valence-corrected chi connectivity index (χ3v) is 5.84. The lowest BCUT2D eigenvalue weighted by Crippen LogP contribution is -2.34. The number of halogens is 1. The Kier molecular flexibility index (Phi) is 2.98. The van der Waals surface area contributed by atoms with E-state index in [1.807, 2.05) is 0 Å². The van der Waals surface area contributed by atoms with Gasteiger partial charge in [-0.2, -0.15) is 8.42 Å². The molecule has 23 heavy (non-hydrogen) atoms. The van der Waals surface area contributed by atoms with Crippen molar-refractivity contribution in [3.63, 3.8) is 0 Å². The predicted molar refractivity (Wildman–Crippen MR) is 74.4 cm³/mol. The molecule has 8 heteroatoms. The first-order valence-electron chi connectivity index (χ1n) is 7.19. The summed E-state index contributed by atoms with van der Waals surface area (Å²) in [4.78, 5) is 24.4. The molecule has 3 aliphatic rings. The fraction of sp³-hybridized carbons (Fsp3) is 0.333. The van der Waals surface area contributed by atoms with Crippen molar-refractivity contribution >= 4 is 21.9 Å². The van der Waals surface area contributed by atoms with Crippen LogP contribution in [0.15, 0.2) is 40.3 Å². The average Bonchev–Trinajstić information content (AvgIpc) is 3.17. The Hall–Kier alpha value is -2.06. The summed E-state index contributed by atoms with van der Waals surface area (Å²) in [5.74, 6) is -2.43. The second-order valence-corrected chi connectivity index (χ2v) is 7.45. The van der Waals surface area contributed by atoms with Crippen LogP contribution in [0, 0.1) is 17.7 Å². The second kappa shape index (κ2) is 4.72. The van der Waals surface area contributed by atoms with Crippen LogP contribution in [0.1, 0.15) is 19.3 Å². The van der Waals surface area contributed by atoms with Crippen LogP contribution < -0.4 is 0 Å². The number of allylic oxidation sites excluding steroid dienone is 1. The highest BCUT2D eigenvalue weighted by molar-refractivity contribution is 7.86. The van der Waals surface area contributed by atoms with Gasteiger partial charge >= 0.3 is 10.1 Å². The molecule has 1 saturated heterocycles. The first-order chi connectivity index (χ1) is 10.9. The lowest BCUT2D eigenvalue weighted by atomic mass is 9.88. The Bertz CT molecular complexity index is 858. The van der Waals surface area contributed by atoms with Crippen molar-refractivity contribution in [2.24, 2.45) is 11.8 Å². The molecule has 2 bridgehead atoms. The van der Waals surface area contributed by atoms with Crippen LogP contribution in [-0.4, -0.2) is 25.3 Å². The van der Waals surface area contributed by atoms with Crippen molar-refractivity contribution in [2.75, 3.05) is 0 Å². The minimum atomic E-state index is -4.38. The van der Waals surface area contributed by atoms with E-state index in [4.69, 9.17) is 4.28 Å². The predicted octanol–water partition coefficient (Wildman–Crippen LogP) is 1.54. The standard InChI is InChI=1S/C15H12FNO5S/c16-10-3-5-11(6-4-10)23(20,21)22-17-14(18)12-8-1-2-9(7-8)13(12)15(17)19/h3-6,8,12H,1-2,7H2. The molecule has 2 unspecified atom stereocenters. The zero-order valence-corrected chi connectivity index (χ0v) is 12.7. The molecular formula is C15H12FNO5S. The number of nitrogens with zero attached hydrogens (tertiary/aromatic N) is 1. The number of carbonyl (C=O) groups excluding carboxylic acids is 2. The molecule has 2 atom stereocenters. The second-order valence-electron chi connectivity index (χ2n) is 5.92. The van der Waals surface area contributed by atoms with Gasteiger partial charge in [0.25, 0.3) is 11.8 Å². The number of benzene rings is 1. The van der Waals surface area contributed by atoms with E-state index < -0.39 is 33.7 Å². The molecule has 120 valence electrons. The van der Waals surface area contributed by atoms with Gasteiger partial charge in [-0.3, -0.25) is 9.59 Å². The van der Waals surface area contributed by atoms with Crippen LogP contribution in [-0.2, 0) is 24.0 Å². The third kappa shape index (κ3) is 2.05. The Morgan fingerprint density at radius 1 is 1.17 bits per heavy atom. The van der Waals surface area contributed by atoms with Crippen LogP contribution in [0.25, 0.3) is 0 Å². The molecule has 0 spiro atoms.